The molecule has 0 aliphatic rings. The van der Waals surface area contributed by atoms with Gasteiger partial charge in [-0.05, 0) is 29.8 Å². The van der Waals surface area contributed by atoms with Crippen molar-refractivity contribution in [2.45, 2.75) is 18.4 Å². The molecule has 124 valence electrons. The molecule has 3 aromatic rings. The third-order valence-electron chi connectivity index (χ3n) is 3.59. The average Bonchev–Trinajstić information content (AvgIpc) is 2.97. The van der Waals surface area contributed by atoms with E-state index in [4.69, 9.17) is 5.73 Å². The number of carbonyl (C=O) groups is 1. The molecular formula is C16H16N4O3S. The van der Waals surface area contributed by atoms with Crippen molar-refractivity contribution in [1.29, 1.82) is 0 Å². The summed E-state index contributed by atoms with van der Waals surface area (Å²) in [4.78, 5) is 11.6. The Morgan fingerprint density at radius 3 is 2.58 bits per heavy atom. The Hall–Kier alpha value is -2.87. The fraction of sp³-hybridized carbons (Fsp3) is 0.125. The van der Waals surface area contributed by atoms with E-state index in [9.17, 15) is 13.2 Å². The molecule has 0 aliphatic heterocycles. The van der Waals surface area contributed by atoms with Crippen LogP contribution in [0.25, 0.3) is 10.8 Å². The molecule has 24 heavy (non-hydrogen) atoms. The highest BCUT2D eigenvalue weighted by Gasteiger charge is 2.21. The van der Waals surface area contributed by atoms with Gasteiger partial charge in [-0.2, -0.15) is 5.10 Å². The largest absolute Gasteiger partial charge is 0.364 e. The van der Waals surface area contributed by atoms with Crippen molar-refractivity contribution in [3.05, 3.63) is 54.4 Å². The number of sulfonamides is 1. The molecule has 1 heterocycles. The van der Waals surface area contributed by atoms with Gasteiger partial charge in [0.2, 0.25) is 0 Å². The third kappa shape index (κ3) is 2.95. The van der Waals surface area contributed by atoms with Gasteiger partial charge >= 0.3 is 0 Å². The molecular weight excluding hydrogens is 328 g/mol. The van der Waals surface area contributed by atoms with Crippen LogP contribution in [0.2, 0.25) is 0 Å². The highest BCUT2D eigenvalue weighted by Crippen LogP contribution is 2.22. The lowest BCUT2D eigenvalue weighted by Gasteiger charge is -2.08. The van der Waals surface area contributed by atoms with Crippen molar-refractivity contribution in [1.82, 2.24) is 9.78 Å². The Balaban J connectivity index is 2.01. The molecule has 0 atom stereocenters. The van der Waals surface area contributed by atoms with Crippen LogP contribution in [0.5, 0.6) is 0 Å². The van der Waals surface area contributed by atoms with E-state index < -0.39 is 15.9 Å². The fourth-order valence-electron chi connectivity index (χ4n) is 2.38. The lowest BCUT2D eigenvalue weighted by molar-refractivity contribution is 0.0995. The second-order valence-corrected chi connectivity index (χ2v) is 6.91. The number of aromatic nitrogens is 2. The predicted molar refractivity (Wildman–Crippen MR) is 91.2 cm³/mol. The Labute approximate surface area is 139 Å². The molecule has 0 aliphatic carbocycles. The molecule has 0 unspecified atom stereocenters. The van der Waals surface area contributed by atoms with Gasteiger partial charge in [0.25, 0.3) is 15.9 Å². The molecule has 0 saturated carbocycles. The Morgan fingerprint density at radius 1 is 1.21 bits per heavy atom. The maximum Gasteiger partial charge on any atom is 0.271 e. The zero-order valence-corrected chi connectivity index (χ0v) is 13.7. The van der Waals surface area contributed by atoms with Crippen LogP contribution >= 0.6 is 0 Å². The summed E-state index contributed by atoms with van der Waals surface area (Å²) in [6.45, 7) is 2.30. The second kappa shape index (κ2) is 5.97. The number of nitrogens with zero attached hydrogens (tertiary/aromatic N) is 2. The van der Waals surface area contributed by atoms with Gasteiger partial charge in [0, 0.05) is 12.7 Å². The highest BCUT2D eigenvalue weighted by atomic mass is 32.2. The third-order valence-corrected chi connectivity index (χ3v) is 4.96. The minimum atomic E-state index is -3.87. The first-order valence-electron chi connectivity index (χ1n) is 7.29. The van der Waals surface area contributed by atoms with E-state index in [-0.39, 0.29) is 16.3 Å². The summed E-state index contributed by atoms with van der Waals surface area (Å²) in [6.07, 6.45) is 1.44. The summed E-state index contributed by atoms with van der Waals surface area (Å²) in [5.74, 6) is -0.793. The van der Waals surface area contributed by atoms with Gasteiger partial charge in [-0.3, -0.25) is 14.2 Å². The quantitative estimate of drug-likeness (QED) is 0.737. The number of primary amides is 1. The number of aryl methyl sites for hydroxylation is 1. The molecule has 7 nitrogen and oxygen atoms in total. The van der Waals surface area contributed by atoms with E-state index in [0.29, 0.717) is 6.54 Å². The first kappa shape index (κ1) is 16.0. The van der Waals surface area contributed by atoms with Crippen molar-refractivity contribution in [2.75, 3.05) is 4.72 Å². The number of nitrogens with one attached hydrogen (secondary N) is 1. The summed E-state index contributed by atoms with van der Waals surface area (Å²) < 4.78 is 29.1. The average molecular weight is 344 g/mol. The second-order valence-electron chi connectivity index (χ2n) is 5.23. The standard InChI is InChI=1S/C16H16N4O3S/c1-2-20-10-14(15(18-20)16(17)21)19-24(22,23)13-8-7-11-5-3-4-6-12(11)9-13/h3-10,19H,2H2,1H3,(H2,17,21). The van der Waals surface area contributed by atoms with Gasteiger partial charge in [-0.1, -0.05) is 30.3 Å². The van der Waals surface area contributed by atoms with Crippen LogP contribution in [0.15, 0.2) is 53.6 Å². The molecule has 0 bridgehead atoms. The number of amides is 1. The van der Waals surface area contributed by atoms with E-state index in [0.717, 1.165) is 10.8 Å². The summed E-state index contributed by atoms with van der Waals surface area (Å²) in [7, 11) is -3.87. The monoisotopic (exact) mass is 344 g/mol. The van der Waals surface area contributed by atoms with Gasteiger partial charge in [0.05, 0.1) is 10.6 Å². The summed E-state index contributed by atoms with van der Waals surface area (Å²) in [6, 6.07) is 12.3. The van der Waals surface area contributed by atoms with Gasteiger partial charge in [0.1, 0.15) is 0 Å². The van der Waals surface area contributed by atoms with E-state index in [2.05, 4.69) is 9.82 Å². The van der Waals surface area contributed by atoms with Gasteiger partial charge in [-0.25, -0.2) is 8.42 Å². The molecule has 3 rings (SSSR count). The summed E-state index contributed by atoms with van der Waals surface area (Å²) in [5, 5.41) is 5.71. The molecule has 0 spiro atoms. The van der Waals surface area contributed by atoms with Crippen molar-refractivity contribution in [2.24, 2.45) is 5.73 Å². The molecule has 0 saturated heterocycles. The lowest BCUT2D eigenvalue weighted by Crippen LogP contribution is -2.18. The van der Waals surface area contributed by atoms with Crippen LogP contribution in [-0.2, 0) is 16.6 Å². The van der Waals surface area contributed by atoms with Crippen molar-refractivity contribution < 1.29 is 13.2 Å². The van der Waals surface area contributed by atoms with Crippen molar-refractivity contribution in [3.63, 3.8) is 0 Å². The number of fused-ring (bicyclic) bond motifs is 1. The Kier molecular flexibility index (Phi) is 3.98. The van der Waals surface area contributed by atoms with E-state index in [1.165, 1.54) is 16.9 Å². The highest BCUT2D eigenvalue weighted by molar-refractivity contribution is 7.92. The Morgan fingerprint density at radius 2 is 1.92 bits per heavy atom. The molecule has 2 aromatic carbocycles. The number of anilines is 1. The van der Waals surface area contributed by atoms with Gasteiger partial charge in [-0.15, -0.1) is 0 Å². The maximum absolute atomic E-state index is 12.6. The zero-order valence-electron chi connectivity index (χ0n) is 12.9. The van der Waals surface area contributed by atoms with Gasteiger partial charge < -0.3 is 5.73 Å². The number of carbonyl (C=O) groups excluding carboxylic acids is 1. The van der Waals surface area contributed by atoms with Crippen molar-refractivity contribution >= 4 is 32.4 Å². The van der Waals surface area contributed by atoms with Crippen LogP contribution < -0.4 is 10.5 Å². The first-order chi connectivity index (χ1) is 11.4. The molecule has 8 heteroatoms. The van der Waals surface area contributed by atoms with Gasteiger partial charge in [0.15, 0.2) is 5.69 Å². The molecule has 0 radical (unpaired) electrons. The van der Waals surface area contributed by atoms with E-state index >= 15 is 0 Å². The van der Waals surface area contributed by atoms with Crippen LogP contribution in [0.3, 0.4) is 0 Å². The smallest absolute Gasteiger partial charge is 0.271 e. The number of hydrogen-bond donors (Lipinski definition) is 2. The molecule has 1 amide bonds. The minimum Gasteiger partial charge on any atom is -0.364 e. The SMILES string of the molecule is CCn1cc(NS(=O)(=O)c2ccc3ccccc3c2)c(C(N)=O)n1. The first-order valence-corrected chi connectivity index (χ1v) is 8.78. The lowest BCUT2D eigenvalue weighted by atomic mass is 10.1. The number of rotatable bonds is 5. The maximum atomic E-state index is 12.6. The number of hydrogen-bond acceptors (Lipinski definition) is 4. The van der Waals surface area contributed by atoms with Crippen LogP contribution in [0.1, 0.15) is 17.4 Å². The normalized spacial score (nSPS) is 11.5. The molecule has 3 N–H and O–H groups in total. The molecule has 1 aromatic heterocycles. The number of nitrogens with two attached hydrogens (primary N) is 1. The predicted octanol–water partition coefficient (Wildman–Crippen LogP) is 1.96. The van der Waals surface area contributed by atoms with E-state index in [1.807, 2.05) is 31.2 Å². The summed E-state index contributed by atoms with van der Waals surface area (Å²) in [5.41, 5.74) is 5.22. The van der Waals surface area contributed by atoms with Crippen LogP contribution in [0, 0.1) is 0 Å². The molecule has 0 fully saturated rings. The zero-order chi connectivity index (χ0) is 17.3. The van der Waals surface area contributed by atoms with E-state index in [1.54, 1.807) is 12.1 Å². The minimum absolute atomic E-state index is 0.0671. The Bertz CT molecular complexity index is 1020. The fourth-order valence-corrected chi connectivity index (χ4v) is 3.46. The van der Waals surface area contributed by atoms with Crippen molar-refractivity contribution in [3.8, 4) is 0 Å². The summed E-state index contributed by atoms with van der Waals surface area (Å²) >= 11 is 0. The van der Waals surface area contributed by atoms with Crippen LogP contribution in [0.4, 0.5) is 5.69 Å². The topological polar surface area (TPSA) is 107 Å². The van der Waals surface area contributed by atoms with Crippen LogP contribution in [-0.4, -0.2) is 24.1 Å². The number of benzene rings is 2.